The maximum absolute atomic E-state index is 14.0. The molecule has 0 saturated carbocycles. The van der Waals surface area contributed by atoms with Gasteiger partial charge in [-0.15, -0.1) is 0 Å². The summed E-state index contributed by atoms with van der Waals surface area (Å²) in [4.78, 5) is 26.7. The number of nitrogens with two attached hydrogens (primary N) is 2. The van der Waals surface area contributed by atoms with E-state index in [1.807, 2.05) is 27.9 Å². The van der Waals surface area contributed by atoms with Crippen LogP contribution >= 0.6 is 69.0 Å². The van der Waals surface area contributed by atoms with Gasteiger partial charge in [0.15, 0.2) is 23.0 Å². The fraction of sp³-hybridized carbons (Fsp3) is 0.182. The van der Waals surface area contributed by atoms with Crippen molar-refractivity contribution in [2.24, 2.45) is 0 Å². The Morgan fingerprint density at radius 1 is 0.500 bits per heavy atom. The second kappa shape index (κ2) is 33.6. The molecule has 7 nitrogen and oxygen atoms in total. The Morgan fingerprint density at radius 3 is 1.25 bits per heavy atom. The number of oxazole rings is 1. The number of alkyl halides is 23. The standard InChI is InChI=1S/C15H7ClF7NO.C15H6ClF6NO.C8H4ClF3O.C7H4ClF4N.C7H5F4N.CH3F.CH3I.CH4/c16-9-5-6-10(12(17)11(9)15(21,22)23)24-13(25)7-1-3-8(4-2-7)14(18,19)20;16-9-5-6-10-12(11(9)15(20,21)22)24-13(23-10)7-1-3-8(4-2-7)14(17,18)19;9-7(13)5-1-3-6(4-2-5)8(10,11)12;8-3-1-2-4(13)6(9)5(3)7(10,11)12;8-6-4(7(9,10)11)2-1-3-5(6)12;2*1-2;/h1-6H,(H,24,25);1-6H;1-4H;1-2H,13H2;1-3H,12H2;2*1H3;1H4/i;;;;;2*1D;. The summed E-state index contributed by atoms with van der Waals surface area (Å²) in [5.74, 6) is -6.04. The quantitative estimate of drug-likeness (QED) is 0.0530. The molecule has 5 N–H and O–H groups in total. The first-order chi connectivity index (χ1) is 42.5. The maximum Gasteiger partial charge on any atom is 0.421 e. The number of benzene rings is 7. The number of carbonyl (C=O) groups is 2. The zero-order valence-electron chi connectivity index (χ0n) is 45.7. The van der Waals surface area contributed by atoms with Gasteiger partial charge in [-0.3, -0.25) is 14.0 Å². The van der Waals surface area contributed by atoms with Crippen LogP contribution in [-0.4, -0.2) is 28.2 Å². The van der Waals surface area contributed by atoms with Crippen molar-refractivity contribution in [2.75, 3.05) is 28.8 Å². The first-order valence-electron chi connectivity index (χ1n) is 24.3. The molecule has 0 bridgehead atoms. The fourth-order valence-corrected chi connectivity index (χ4v) is 7.35. The number of fused-ring (bicyclic) bond motifs is 1. The number of nitrogens with one attached hydrogen (secondary N) is 1. The van der Waals surface area contributed by atoms with Crippen LogP contribution in [-0.2, 0) is 43.2 Å². The van der Waals surface area contributed by atoms with Crippen molar-refractivity contribution in [3.05, 3.63) is 210 Å². The van der Waals surface area contributed by atoms with E-state index in [1.54, 1.807) is 0 Å². The molecule has 8 rings (SSSR count). The Labute approximate surface area is 538 Å². The molecule has 0 fully saturated rings. The predicted molar refractivity (Wildman–Crippen MR) is 302 cm³/mol. The molecule has 504 valence electrons. The molecule has 1 amide bonds. The van der Waals surface area contributed by atoms with E-state index in [9.17, 15) is 119 Å². The SMILES string of the molecule is C.FC(F)(F)c1ccc(-c2nc3ccc(Cl)c(C(F)(F)F)c3o2)cc1.Nc1ccc(Cl)c(C(F)(F)F)c1F.Nc1cccc(C(F)(F)F)c1F.O=C(Cl)c1ccc(C(F)(F)F)cc1.O=C(Nc1ccc(Cl)c(C(F)(F)F)c1F)c1ccc(C(F)(F)F)cc1.[2H]CF.[2H]CI. The van der Waals surface area contributed by atoms with Gasteiger partial charge in [0.1, 0.15) is 22.2 Å². The maximum atomic E-state index is 14.0. The van der Waals surface area contributed by atoms with Gasteiger partial charge in [-0.25, -0.2) is 18.2 Å². The second-order valence-electron chi connectivity index (χ2n) is 16.6. The molecule has 7 aromatic carbocycles. The number of hydrogen-bond acceptors (Lipinski definition) is 6. The van der Waals surface area contributed by atoms with E-state index >= 15 is 0 Å². The highest BCUT2D eigenvalue weighted by Crippen LogP contribution is 2.43. The summed E-state index contributed by atoms with van der Waals surface area (Å²) in [7, 11) is -1.00. The van der Waals surface area contributed by atoms with Gasteiger partial charge in [0.05, 0.1) is 62.9 Å². The molecule has 0 saturated heterocycles. The van der Waals surface area contributed by atoms with Crippen molar-refractivity contribution >= 4 is 108 Å². The van der Waals surface area contributed by atoms with Crippen LogP contribution in [0, 0.1) is 17.5 Å². The van der Waals surface area contributed by atoms with E-state index in [0.717, 1.165) is 103 Å². The molecule has 8 aromatic rings. The van der Waals surface area contributed by atoms with Crippen molar-refractivity contribution < 1.29 is 127 Å². The summed E-state index contributed by atoms with van der Waals surface area (Å²) in [6, 6.07) is 18.8. The highest BCUT2D eigenvalue weighted by atomic mass is 127. The van der Waals surface area contributed by atoms with Crippen LogP contribution in [0.3, 0.4) is 0 Å². The number of rotatable bonds is 4. The van der Waals surface area contributed by atoms with E-state index in [4.69, 9.17) is 65.0 Å². The van der Waals surface area contributed by atoms with E-state index in [-0.39, 0.29) is 35.5 Å². The molecule has 0 spiro atoms. The Hall–Kier alpha value is -7.11. The lowest BCUT2D eigenvalue weighted by Crippen LogP contribution is -2.16. The van der Waals surface area contributed by atoms with Gasteiger partial charge in [0.2, 0.25) is 5.89 Å². The molecule has 92 heavy (non-hydrogen) atoms. The predicted octanol–water partition coefficient (Wildman–Crippen LogP) is 22.8. The van der Waals surface area contributed by atoms with Gasteiger partial charge >= 0.3 is 43.2 Å². The first-order valence-corrected chi connectivity index (χ1v) is 25.9. The third kappa shape index (κ3) is 23.5. The molecular weight excluding hydrogens is 1510 g/mol. The number of amides is 1. The third-order valence-electron chi connectivity index (χ3n) is 10.5. The van der Waals surface area contributed by atoms with Gasteiger partial charge in [0, 0.05) is 18.1 Å². The Balaban J connectivity index is 0.000000592. The van der Waals surface area contributed by atoms with Crippen molar-refractivity contribution in [3.8, 4) is 11.5 Å². The number of nitrogen functional groups attached to an aromatic ring is 2. The van der Waals surface area contributed by atoms with Crippen molar-refractivity contribution in [3.63, 3.8) is 0 Å². The molecule has 0 aliphatic rings. The van der Waals surface area contributed by atoms with Crippen LogP contribution in [0.5, 0.6) is 0 Å². The van der Waals surface area contributed by atoms with Crippen LogP contribution in [0.1, 0.15) is 69.8 Å². The Bertz CT molecular complexity index is 3770. The van der Waals surface area contributed by atoms with Crippen molar-refractivity contribution in [1.82, 2.24) is 4.98 Å². The lowest BCUT2D eigenvalue weighted by Gasteiger charge is -2.14. The summed E-state index contributed by atoms with van der Waals surface area (Å²) in [5.41, 5.74) is -1.24. The van der Waals surface area contributed by atoms with Gasteiger partial charge in [-0.05, 0) is 138 Å². The largest absolute Gasteiger partial charge is 0.435 e. The lowest BCUT2D eigenvalue weighted by atomic mass is 10.1. The summed E-state index contributed by atoms with van der Waals surface area (Å²) < 4.78 is 327. The van der Waals surface area contributed by atoms with Crippen molar-refractivity contribution in [2.45, 2.75) is 50.7 Å². The first kappa shape index (κ1) is 79.1. The Kier molecular flexibility index (Phi) is 28.9. The van der Waals surface area contributed by atoms with Crippen LogP contribution in [0.4, 0.5) is 127 Å². The molecule has 0 atom stereocenters. The highest BCUT2D eigenvalue weighted by molar-refractivity contribution is 14.1. The van der Waals surface area contributed by atoms with Gasteiger partial charge in [0.25, 0.3) is 11.1 Å². The summed E-state index contributed by atoms with van der Waals surface area (Å²) in [6.45, 7) is 0. The van der Waals surface area contributed by atoms with Crippen LogP contribution in [0.25, 0.3) is 22.6 Å². The van der Waals surface area contributed by atoms with Crippen LogP contribution in [0.15, 0.2) is 132 Å². The molecule has 37 heteroatoms. The molecular formula is C55H36Cl4F25IN4O3. The Morgan fingerprint density at radius 2 is 0.870 bits per heavy atom. The topological polar surface area (TPSA) is 124 Å². The minimum atomic E-state index is -5.09. The summed E-state index contributed by atoms with van der Waals surface area (Å²) in [6.07, 6.45) is -32.9. The van der Waals surface area contributed by atoms with Crippen molar-refractivity contribution in [1.29, 1.82) is 0 Å². The van der Waals surface area contributed by atoms with Gasteiger partial charge in [-0.2, -0.15) is 92.2 Å². The van der Waals surface area contributed by atoms with Gasteiger partial charge in [-0.1, -0.05) is 70.9 Å². The third-order valence-corrected chi connectivity index (χ3v) is 11.7. The summed E-state index contributed by atoms with van der Waals surface area (Å²) in [5, 5.41) is -1.04. The minimum absolute atomic E-state index is 0. The van der Waals surface area contributed by atoms with Crippen LogP contribution in [0.2, 0.25) is 15.1 Å². The lowest BCUT2D eigenvalue weighted by molar-refractivity contribution is -0.140. The molecule has 0 aliphatic heterocycles. The molecule has 0 radical (unpaired) electrons. The fourth-order valence-electron chi connectivity index (χ4n) is 6.46. The number of carbonyl (C=O) groups excluding carboxylic acids is 2. The normalized spacial score (nSPS) is 11.8. The number of nitrogens with zero attached hydrogens (tertiary/aromatic N) is 1. The average molecular weight is 1550 g/mol. The number of aromatic nitrogens is 1. The number of anilines is 3. The van der Waals surface area contributed by atoms with E-state index < -0.39 is 156 Å². The van der Waals surface area contributed by atoms with Gasteiger partial charge < -0.3 is 21.2 Å². The second-order valence-corrected chi connectivity index (χ2v) is 18.1. The van der Waals surface area contributed by atoms with E-state index in [1.165, 1.54) is 6.07 Å². The van der Waals surface area contributed by atoms with E-state index in [0.29, 0.717) is 23.1 Å². The molecule has 1 aromatic heterocycles. The number of halogens is 30. The minimum Gasteiger partial charge on any atom is -0.435 e. The number of hydrogen-bond donors (Lipinski definition) is 3. The zero-order chi connectivity index (χ0) is 71.7. The molecule has 0 aliphatic carbocycles. The molecule has 0 unspecified atom stereocenters. The molecule has 1 heterocycles. The average Bonchev–Trinajstić information content (AvgIpc) is 1.57. The van der Waals surface area contributed by atoms with E-state index in [2.05, 4.69) is 4.98 Å². The monoisotopic (exact) mass is 1540 g/mol. The smallest absolute Gasteiger partial charge is 0.421 e. The zero-order valence-corrected chi connectivity index (χ0v) is 48.9. The highest BCUT2D eigenvalue weighted by Gasteiger charge is 2.41. The van der Waals surface area contributed by atoms with Crippen LogP contribution < -0.4 is 16.8 Å². The summed E-state index contributed by atoms with van der Waals surface area (Å²) >= 11 is 23.1.